The molecule has 1 aliphatic heterocycles. The number of nitrogens with zero attached hydrogens (tertiary/aromatic N) is 3. The van der Waals surface area contributed by atoms with Gasteiger partial charge in [0.25, 0.3) is 11.1 Å². The van der Waals surface area contributed by atoms with Gasteiger partial charge in [-0.2, -0.15) is 0 Å². The lowest BCUT2D eigenvalue weighted by molar-refractivity contribution is 0.0946. The van der Waals surface area contributed by atoms with E-state index in [9.17, 15) is 4.79 Å². The highest BCUT2D eigenvalue weighted by atomic mass is 35.5. The first kappa shape index (κ1) is 27.4. The van der Waals surface area contributed by atoms with Crippen LogP contribution >= 0.6 is 22.9 Å². The van der Waals surface area contributed by atoms with Crippen LogP contribution in [0.5, 0.6) is 22.6 Å². The van der Waals surface area contributed by atoms with Crippen molar-refractivity contribution in [3.05, 3.63) is 64.3 Å². The van der Waals surface area contributed by atoms with Crippen LogP contribution in [-0.2, 0) is 0 Å². The molecule has 0 unspecified atom stereocenters. The fraction of sp³-hybridized carbons (Fsp3) is 0.414. The molecule has 0 bridgehead atoms. The van der Waals surface area contributed by atoms with E-state index in [1.54, 1.807) is 36.7 Å². The van der Waals surface area contributed by atoms with Gasteiger partial charge in [-0.25, -0.2) is 9.97 Å². The third-order valence-electron chi connectivity index (χ3n) is 6.55. The highest BCUT2D eigenvalue weighted by Gasteiger charge is 2.22. The molecule has 0 radical (unpaired) electrons. The summed E-state index contributed by atoms with van der Waals surface area (Å²) in [5.74, 6) is 2.22. The molecule has 39 heavy (non-hydrogen) atoms. The SMILES string of the molecule is C[C@@H](/C=C/c1cnc(Oc2ccc(OCC3CC3)cc2Cl)s1)NC(=O)c1ccnc(OCCN2CCCC2)c1. The van der Waals surface area contributed by atoms with Crippen LogP contribution in [0.2, 0.25) is 5.02 Å². The van der Waals surface area contributed by atoms with Crippen molar-refractivity contribution in [1.82, 2.24) is 20.2 Å². The molecular formula is C29H33ClN4O4S. The molecule has 1 saturated carbocycles. The van der Waals surface area contributed by atoms with Gasteiger partial charge in [0, 0.05) is 42.7 Å². The topological polar surface area (TPSA) is 85.8 Å². The normalized spacial score (nSPS) is 16.4. The maximum atomic E-state index is 12.8. The van der Waals surface area contributed by atoms with Crippen molar-refractivity contribution >= 4 is 34.9 Å². The van der Waals surface area contributed by atoms with Crippen molar-refractivity contribution in [3.8, 4) is 22.6 Å². The third-order valence-corrected chi connectivity index (χ3v) is 7.68. The van der Waals surface area contributed by atoms with Crippen LogP contribution < -0.4 is 19.5 Å². The Morgan fingerprint density at radius 2 is 2.05 bits per heavy atom. The first-order valence-electron chi connectivity index (χ1n) is 13.4. The minimum absolute atomic E-state index is 0.188. The number of halogens is 1. The van der Waals surface area contributed by atoms with Crippen LogP contribution in [0.4, 0.5) is 0 Å². The third kappa shape index (κ3) is 8.42. The Kier molecular flexibility index (Phi) is 9.34. The second-order valence-corrected chi connectivity index (χ2v) is 11.3. The predicted octanol–water partition coefficient (Wildman–Crippen LogP) is 6.08. The number of nitrogens with one attached hydrogen (secondary N) is 1. The van der Waals surface area contributed by atoms with E-state index in [1.165, 1.54) is 37.0 Å². The molecule has 1 aromatic carbocycles. The van der Waals surface area contributed by atoms with Crippen LogP contribution in [0.3, 0.4) is 0 Å². The molecule has 1 N–H and O–H groups in total. The van der Waals surface area contributed by atoms with Crippen molar-refractivity contribution in [2.24, 2.45) is 5.92 Å². The lowest BCUT2D eigenvalue weighted by Gasteiger charge is -2.15. The van der Waals surface area contributed by atoms with Gasteiger partial charge in [0.1, 0.15) is 18.1 Å². The molecule has 3 aromatic rings. The van der Waals surface area contributed by atoms with Gasteiger partial charge in [0.05, 0.1) is 16.5 Å². The summed E-state index contributed by atoms with van der Waals surface area (Å²) in [7, 11) is 0. The molecule has 0 spiro atoms. The first-order valence-corrected chi connectivity index (χ1v) is 14.6. The number of amides is 1. The molecule has 2 aliphatic rings. The van der Waals surface area contributed by atoms with Crippen molar-refractivity contribution < 1.29 is 19.0 Å². The molecule has 206 valence electrons. The number of aromatic nitrogens is 2. The average molecular weight is 569 g/mol. The van der Waals surface area contributed by atoms with E-state index in [0.29, 0.717) is 39.9 Å². The number of pyridine rings is 1. The maximum absolute atomic E-state index is 12.8. The van der Waals surface area contributed by atoms with E-state index in [1.807, 2.05) is 25.1 Å². The average Bonchev–Trinajstić information content (AvgIpc) is 3.41. The number of hydrogen-bond donors (Lipinski definition) is 1. The van der Waals surface area contributed by atoms with Gasteiger partial charge in [-0.1, -0.05) is 29.0 Å². The standard InChI is InChI=1S/C29H33ClN4O4S/c1-20(33-28(35)22-10-11-31-27(16-22)36-15-14-34-12-2-3-13-34)4-8-24-18-32-29(39-24)38-26-9-7-23(17-25(26)30)37-19-21-5-6-21/h4,7-11,16-18,20-21H,2-3,5-6,12-15,19H2,1H3,(H,33,35)/b8-4+/t20-/m0/s1. The molecule has 5 rings (SSSR count). The second kappa shape index (κ2) is 13.3. The number of hydrogen-bond acceptors (Lipinski definition) is 8. The van der Waals surface area contributed by atoms with Gasteiger partial charge >= 0.3 is 0 Å². The van der Waals surface area contributed by atoms with Crippen molar-refractivity contribution in [2.75, 3.05) is 32.8 Å². The molecule has 2 fully saturated rings. The summed E-state index contributed by atoms with van der Waals surface area (Å²) in [6, 6.07) is 8.58. The Bertz CT molecular complexity index is 1290. The highest BCUT2D eigenvalue weighted by Crippen LogP contribution is 2.35. The fourth-order valence-electron chi connectivity index (χ4n) is 4.13. The maximum Gasteiger partial charge on any atom is 0.279 e. The smallest absolute Gasteiger partial charge is 0.279 e. The fourth-order valence-corrected chi connectivity index (χ4v) is 5.03. The van der Waals surface area contributed by atoms with E-state index in [-0.39, 0.29) is 11.9 Å². The molecule has 1 atom stereocenters. The zero-order valence-corrected chi connectivity index (χ0v) is 23.5. The van der Waals surface area contributed by atoms with Crippen molar-refractivity contribution in [1.29, 1.82) is 0 Å². The lowest BCUT2D eigenvalue weighted by atomic mass is 10.2. The van der Waals surface area contributed by atoms with Crippen molar-refractivity contribution in [3.63, 3.8) is 0 Å². The Morgan fingerprint density at radius 1 is 1.21 bits per heavy atom. The summed E-state index contributed by atoms with van der Waals surface area (Å²) in [5.41, 5.74) is 0.510. The summed E-state index contributed by atoms with van der Waals surface area (Å²) in [4.78, 5) is 24.6. The van der Waals surface area contributed by atoms with Gasteiger partial charge in [0.15, 0.2) is 0 Å². The molecule has 1 aliphatic carbocycles. The Hall–Kier alpha value is -3.14. The van der Waals surface area contributed by atoms with E-state index in [0.717, 1.165) is 36.9 Å². The van der Waals surface area contributed by atoms with Crippen LogP contribution in [-0.4, -0.2) is 59.7 Å². The number of rotatable bonds is 13. The minimum atomic E-state index is -0.200. The Balaban J connectivity index is 1.08. The first-order chi connectivity index (χ1) is 19.0. The predicted molar refractivity (Wildman–Crippen MR) is 153 cm³/mol. The molecule has 1 amide bonds. The summed E-state index contributed by atoms with van der Waals surface area (Å²) in [6.45, 7) is 6.32. The number of benzene rings is 1. The largest absolute Gasteiger partial charge is 0.493 e. The summed E-state index contributed by atoms with van der Waals surface area (Å²) in [5, 5.41) is 3.94. The van der Waals surface area contributed by atoms with E-state index in [2.05, 4.69) is 20.2 Å². The second-order valence-electron chi connectivity index (χ2n) is 9.88. The monoisotopic (exact) mass is 568 g/mol. The Morgan fingerprint density at radius 3 is 2.85 bits per heavy atom. The molecule has 10 heteroatoms. The summed E-state index contributed by atoms with van der Waals surface area (Å²) >= 11 is 7.77. The molecule has 1 saturated heterocycles. The lowest BCUT2D eigenvalue weighted by Crippen LogP contribution is -2.31. The summed E-state index contributed by atoms with van der Waals surface area (Å²) < 4.78 is 17.4. The summed E-state index contributed by atoms with van der Waals surface area (Å²) in [6.07, 6.45) is 12.1. The number of thiazole rings is 1. The van der Waals surface area contributed by atoms with Gasteiger partial charge in [-0.3, -0.25) is 9.69 Å². The van der Waals surface area contributed by atoms with Gasteiger partial charge < -0.3 is 19.5 Å². The minimum Gasteiger partial charge on any atom is -0.493 e. The van der Waals surface area contributed by atoms with Crippen LogP contribution in [0.1, 0.15) is 47.8 Å². The quantitative estimate of drug-likeness (QED) is 0.267. The Labute approximate surface area is 238 Å². The van der Waals surface area contributed by atoms with Crippen LogP contribution in [0.15, 0.2) is 48.8 Å². The molecular weight excluding hydrogens is 536 g/mol. The molecule has 8 nitrogen and oxygen atoms in total. The van der Waals surface area contributed by atoms with Crippen molar-refractivity contribution in [2.45, 2.75) is 38.6 Å². The van der Waals surface area contributed by atoms with Gasteiger partial charge in [-0.15, -0.1) is 0 Å². The van der Waals surface area contributed by atoms with Gasteiger partial charge in [-0.05, 0) is 75.9 Å². The number of likely N-dealkylation sites (tertiary alicyclic amines) is 1. The van der Waals surface area contributed by atoms with E-state index >= 15 is 0 Å². The zero-order valence-electron chi connectivity index (χ0n) is 22.0. The van der Waals surface area contributed by atoms with Crippen LogP contribution in [0.25, 0.3) is 6.08 Å². The van der Waals surface area contributed by atoms with Crippen LogP contribution in [0, 0.1) is 5.92 Å². The zero-order chi connectivity index (χ0) is 27.0. The highest BCUT2D eigenvalue weighted by molar-refractivity contribution is 7.14. The van der Waals surface area contributed by atoms with E-state index < -0.39 is 0 Å². The molecule has 2 aromatic heterocycles. The number of carbonyl (C=O) groups is 1. The molecule has 3 heterocycles. The number of carbonyl (C=O) groups excluding carboxylic acids is 1. The van der Waals surface area contributed by atoms with E-state index in [4.69, 9.17) is 25.8 Å². The van der Waals surface area contributed by atoms with Gasteiger partial charge in [0.2, 0.25) is 5.88 Å². The number of ether oxygens (including phenoxy) is 3.